The van der Waals surface area contributed by atoms with Crippen molar-refractivity contribution in [3.8, 4) is 22.4 Å². The number of carbonyl (C=O) groups is 2. The number of nitrogens with one attached hydrogen (secondary N) is 2. The van der Waals surface area contributed by atoms with Crippen LogP contribution in [0.4, 0.5) is 5.69 Å². The van der Waals surface area contributed by atoms with Crippen LogP contribution < -0.4 is 10.6 Å². The van der Waals surface area contributed by atoms with Crippen molar-refractivity contribution < 1.29 is 14.7 Å². The number of aliphatic hydroxyl groups is 1. The Labute approximate surface area is 227 Å². The van der Waals surface area contributed by atoms with Crippen molar-refractivity contribution in [2.45, 2.75) is 29.7 Å². The minimum absolute atomic E-state index is 0.0553. The van der Waals surface area contributed by atoms with Gasteiger partial charge in [-0.2, -0.15) is 0 Å². The summed E-state index contributed by atoms with van der Waals surface area (Å²) in [5, 5.41) is 17.8. The number of hydrogen-bond acceptors (Lipinski definition) is 5. The number of carbonyl (C=O) groups excluding carboxylic acids is 2. The molecule has 8 heteroatoms. The van der Waals surface area contributed by atoms with Crippen molar-refractivity contribution in [2.24, 2.45) is 0 Å². The maximum Gasteiger partial charge on any atom is 0.256 e. The van der Waals surface area contributed by atoms with Gasteiger partial charge in [0.1, 0.15) is 5.01 Å². The minimum Gasteiger partial charge on any atom is -0.395 e. The molecule has 190 valence electrons. The molecule has 0 saturated heterocycles. The van der Waals surface area contributed by atoms with Gasteiger partial charge in [0, 0.05) is 44.0 Å². The summed E-state index contributed by atoms with van der Waals surface area (Å²) in [6.07, 6.45) is 2.22. The fraction of sp³-hybridized carbons (Fsp3) is 0.133. The Morgan fingerprint density at radius 1 is 1.13 bits per heavy atom. The van der Waals surface area contributed by atoms with E-state index in [1.54, 1.807) is 18.3 Å². The number of aliphatic hydroxyl groups excluding tert-OH is 1. The Morgan fingerprint density at radius 2 is 1.95 bits per heavy atom. The second-order valence-electron chi connectivity index (χ2n) is 8.40. The fourth-order valence-corrected chi connectivity index (χ4v) is 6.86. The molecule has 1 aliphatic rings. The number of aromatic nitrogens is 1. The van der Waals surface area contributed by atoms with Crippen LogP contribution in [0.3, 0.4) is 0 Å². The first-order valence-corrected chi connectivity index (χ1v) is 14.2. The average molecular weight is 540 g/mol. The molecule has 6 nitrogen and oxygen atoms in total. The molecular formula is C30H25N3O3S2. The van der Waals surface area contributed by atoms with Crippen LogP contribution in [-0.4, -0.2) is 33.9 Å². The standard InChI is InChI=1S/C30H25N3O3S2/c1-2-38-26-9-4-3-8-24(26)29(36)33-25-17-22(14-15-27(25)38)28(35)31-18-23-19-32-30(37-23)21-12-10-20(11-13-21)7-5-6-16-34/h2-4,8-15,17,19,34H,6,16,18H2,1H3,(H,31,35)(H,33,36). The number of benzene rings is 3. The van der Waals surface area contributed by atoms with Crippen molar-refractivity contribution >= 4 is 44.7 Å². The third-order valence-corrected chi connectivity index (χ3v) is 9.09. The SMILES string of the molecule is C/C=S1/c2ccc(C(=O)NCc3cnc(-c4ccc(C#CCCO)cc4)s3)cc2NC(=O)c2ccccc21. The van der Waals surface area contributed by atoms with Crippen LogP contribution in [0, 0.1) is 11.8 Å². The largest absolute Gasteiger partial charge is 0.395 e. The summed E-state index contributed by atoms with van der Waals surface area (Å²) in [4.78, 5) is 33.3. The number of nitrogens with zero attached hydrogens (tertiary/aromatic N) is 1. The van der Waals surface area contributed by atoms with Crippen LogP contribution in [0.25, 0.3) is 10.6 Å². The Balaban J connectivity index is 1.28. The second-order valence-corrected chi connectivity index (χ2v) is 11.5. The highest BCUT2D eigenvalue weighted by atomic mass is 32.2. The molecule has 2 amide bonds. The summed E-state index contributed by atoms with van der Waals surface area (Å²) in [5.41, 5.74) is 3.66. The number of hydrogen-bond donors (Lipinski definition) is 3. The monoisotopic (exact) mass is 539 g/mol. The molecule has 0 aliphatic carbocycles. The molecule has 0 bridgehead atoms. The summed E-state index contributed by atoms with van der Waals surface area (Å²) in [6, 6.07) is 20.9. The summed E-state index contributed by atoms with van der Waals surface area (Å²) >= 11 is 1.52. The first kappa shape index (κ1) is 25.6. The summed E-state index contributed by atoms with van der Waals surface area (Å²) in [5.74, 6) is 5.54. The quantitative estimate of drug-likeness (QED) is 0.229. The van der Waals surface area contributed by atoms with Crippen molar-refractivity contribution in [3.63, 3.8) is 0 Å². The molecular weight excluding hydrogens is 514 g/mol. The Hall–Kier alpha value is -4.03. The zero-order chi connectivity index (χ0) is 26.5. The van der Waals surface area contributed by atoms with Gasteiger partial charge in [0.15, 0.2) is 0 Å². The van der Waals surface area contributed by atoms with Gasteiger partial charge >= 0.3 is 0 Å². The first-order chi connectivity index (χ1) is 18.6. The molecule has 1 atom stereocenters. The molecule has 0 fully saturated rings. The van der Waals surface area contributed by atoms with Crippen molar-refractivity contribution in [1.82, 2.24) is 10.3 Å². The third-order valence-electron chi connectivity index (χ3n) is 5.91. The third kappa shape index (κ3) is 5.46. The Bertz CT molecular complexity index is 1610. The summed E-state index contributed by atoms with van der Waals surface area (Å²) < 4.78 is 0. The van der Waals surface area contributed by atoms with E-state index in [9.17, 15) is 9.59 Å². The maximum atomic E-state index is 13.0. The lowest BCUT2D eigenvalue weighted by molar-refractivity contribution is 0.0949. The van der Waals surface area contributed by atoms with Gasteiger partial charge in [-0.15, -0.1) is 21.8 Å². The van der Waals surface area contributed by atoms with Crippen LogP contribution in [-0.2, 0) is 6.54 Å². The van der Waals surface area contributed by atoms with E-state index in [0.29, 0.717) is 29.8 Å². The van der Waals surface area contributed by atoms with Crippen LogP contribution in [0.5, 0.6) is 0 Å². The molecule has 1 unspecified atom stereocenters. The van der Waals surface area contributed by atoms with E-state index in [1.807, 2.05) is 61.5 Å². The van der Waals surface area contributed by atoms with Crippen LogP contribution in [0.2, 0.25) is 0 Å². The predicted molar refractivity (Wildman–Crippen MR) is 154 cm³/mol. The molecule has 1 aromatic heterocycles. The van der Waals surface area contributed by atoms with Crippen LogP contribution >= 0.6 is 21.8 Å². The van der Waals surface area contributed by atoms with Gasteiger partial charge in [-0.1, -0.05) is 41.5 Å². The number of rotatable bonds is 5. The molecule has 2 heterocycles. The van der Waals surface area contributed by atoms with Gasteiger partial charge in [-0.3, -0.25) is 9.59 Å². The number of fused-ring (bicyclic) bond motifs is 2. The van der Waals surface area contributed by atoms with E-state index in [1.165, 1.54) is 11.3 Å². The maximum absolute atomic E-state index is 13.0. The van der Waals surface area contributed by atoms with Gasteiger partial charge in [0.05, 0.1) is 24.4 Å². The van der Waals surface area contributed by atoms with Crippen LogP contribution in [0.1, 0.15) is 44.5 Å². The van der Waals surface area contributed by atoms with E-state index >= 15 is 0 Å². The minimum atomic E-state index is -0.378. The summed E-state index contributed by atoms with van der Waals surface area (Å²) in [6.45, 7) is 2.40. The molecule has 1 aliphatic heterocycles. The lowest BCUT2D eigenvalue weighted by atomic mass is 10.1. The molecule has 5 rings (SSSR count). The number of thiazole rings is 1. The van der Waals surface area contributed by atoms with Crippen molar-refractivity contribution in [1.29, 1.82) is 0 Å². The van der Waals surface area contributed by atoms with Crippen molar-refractivity contribution in [3.05, 3.63) is 94.5 Å². The zero-order valence-corrected chi connectivity index (χ0v) is 22.3. The first-order valence-electron chi connectivity index (χ1n) is 12.1. The Morgan fingerprint density at radius 3 is 2.74 bits per heavy atom. The molecule has 0 radical (unpaired) electrons. The zero-order valence-electron chi connectivity index (χ0n) is 20.7. The molecule has 0 saturated carbocycles. The van der Waals surface area contributed by atoms with Gasteiger partial charge < -0.3 is 15.7 Å². The molecule has 0 spiro atoms. The van der Waals surface area contributed by atoms with Gasteiger partial charge in [-0.05, 0) is 49.4 Å². The molecule has 38 heavy (non-hydrogen) atoms. The second kappa shape index (κ2) is 11.6. The van der Waals surface area contributed by atoms with E-state index in [0.717, 1.165) is 30.8 Å². The lowest BCUT2D eigenvalue weighted by Gasteiger charge is -2.13. The molecule has 3 N–H and O–H groups in total. The van der Waals surface area contributed by atoms with E-state index in [2.05, 4.69) is 32.8 Å². The van der Waals surface area contributed by atoms with E-state index in [-0.39, 0.29) is 28.9 Å². The predicted octanol–water partition coefficient (Wildman–Crippen LogP) is 5.55. The highest BCUT2D eigenvalue weighted by Crippen LogP contribution is 2.44. The average Bonchev–Trinajstić information content (AvgIpc) is 3.38. The fourth-order valence-electron chi connectivity index (χ4n) is 4.08. The lowest BCUT2D eigenvalue weighted by Crippen LogP contribution is -2.22. The summed E-state index contributed by atoms with van der Waals surface area (Å²) in [7, 11) is -0.378. The van der Waals surface area contributed by atoms with Gasteiger partial charge in [-0.25, -0.2) is 4.98 Å². The van der Waals surface area contributed by atoms with Gasteiger partial charge in [0.25, 0.3) is 11.8 Å². The van der Waals surface area contributed by atoms with E-state index in [4.69, 9.17) is 5.11 Å². The molecule has 4 aromatic rings. The van der Waals surface area contributed by atoms with Crippen molar-refractivity contribution in [2.75, 3.05) is 11.9 Å². The highest BCUT2D eigenvalue weighted by Gasteiger charge is 2.22. The van der Waals surface area contributed by atoms with E-state index < -0.39 is 0 Å². The normalized spacial score (nSPS) is 13.9. The van der Waals surface area contributed by atoms with Crippen LogP contribution in [0.15, 0.2) is 82.7 Å². The molecule has 3 aromatic carbocycles. The van der Waals surface area contributed by atoms with Gasteiger partial charge in [0.2, 0.25) is 0 Å². The topological polar surface area (TPSA) is 91.3 Å². The number of anilines is 1. The Kier molecular flexibility index (Phi) is 7.80. The highest BCUT2D eigenvalue weighted by molar-refractivity contribution is 8.15. The number of amides is 2. The smallest absolute Gasteiger partial charge is 0.256 e.